The van der Waals surface area contributed by atoms with Crippen LogP contribution in [0, 0.1) is 17.3 Å². The van der Waals surface area contributed by atoms with Crippen molar-refractivity contribution in [1.29, 1.82) is 0 Å². The van der Waals surface area contributed by atoms with Crippen LogP contribution in [-0.2, 0) is 14.8 Å². The van der Waals surface area contributed by atoms with E-state index in [1.807, 2.05) is 30.3 Å². The second-order valence-electron chi connectivity index (χ2n) is 8.18. The molecule has 0 bridgehead atoms. The third-order valence-electron chi connectivity index (χ3n) is 5.42. The molecule has 0 spiro atoms. The van der Waals surface area contributed by atoms with Crippen molar-refractivity contribution in [2.24, 2.45) is 5.41 Å². The van der Waals surface area contributed by atoms with Gasteiger partial charge in [-0.25, -0.2) is 12.7 Å². The first-order valence-corrected chi connectivity index (χ1v) is 11.8. The fourth-order valence-electron chi connectivity index (χ4n) is 3.76. The lowest BCUT2D eigenvalue weighted by Gasteiger charge is -2.40. The molecule has 2 fully saturated rings. The minimum atomic E-state index is -3.32. The monoisotopic (exact) mass is 421 g/mol. The lowest BCUT2D eigenvalue weighted by molar-refractivity contribution is 0.0296. The average molecular weight is 422 g/mol. The molecule has 0 radical (unpaired) electrons. The first-order chi connectivity index (χ1) is 13.3. The molecule has 2 heterocycles. The van der Waals surface area contributed by atoms with Gasteiger partial charge in [-0.2, -0.15) is 0 Å². The fourth-order valence-corrected chi connectivity index (χ4v) is 5.78. The van der Waals surface area contributed by atoms with Crippen molar-refractivity contribution in [2.45, 2.75) is 45.6 Å². The van der Waals surface area contributed by atoms with Gasteiger partial charge in [0, 0.05) is 35.7 Å². The molecule has 0 N–H and O–H groups in total. The molecule has 1 unspecified atom stereocenters. The average Bonchev–Trinajstić information content (AvgIpc) is 2.63. The largest absolute Gasteiger partial charge is 0.377 e. The maximum absolute atomic E-state index is 12.9. The Kier molecular flexibility index (Phi) is 6.88. The van der Waals surface area contributed by atoms with Crippen LogP contribution in [0.3, 0.4) is 0 Å². The molecule has 1 aromatic carbocycles. The number of hydrogen-bond donors (Lipinski definition) is 0. The van der Waals surface area contributed by atoms with Crippen LogP contribution in [-0.4, -0.2) is 44.3 Å². The van der Waals surface area contributed by atoms with Gasteiger partial charge < -0.3 is 4.74 Å². The predicted molar refractivity (Wildman–Crippen MR) is 114 cm³/mol. The van der Waals surface area contributed by atoms with Crippen LogP contribution in [0.5, 0.6) is 0 Å². The number of allylic oxidation sites excluding steroid dienone is 1. The number of benzene rings is 1. The Bertz CT molecular complexity index is 890. The van der Waals surface area contributed by atoms with E-state index in [9.17, 15) is 8.42 Å². The summed E-state index contributed by atoms with van der Waals surface area (Å²) in [6.45, 7) is 5.82. The molecule has 4 nitrogen and oxygen atoms in total. The molecule has 6 heteroatoms. The SMILES string of the molecule is CC1(C)CN(S(=O)(=O)CC2CCCCO2)CC/C1=C\C#Cc1cccc(Cl)c1. The van der Waals surface area contributed by atoms with Gasteiger partial charge in [0.25, 0.3) is 0 Å². The van der Waals surface area contributed by atoms with Crippen molar-refractivity contribution >= 4 is 21.6 Å². The number of piperidine rings is 1. The quantitative estimate of drug-likeness (QED) is 0.685. The molecule has 2 saturated heterocycles. The first kappa shape index (κ1) is 21.4. The summed E-state index contributed by atoms with van der Waals surface area (Å²) in [6.07, 6.45) is 5.38. The van der Waals surface area contributed by atoms with Gasteiger partial charge >= 0.3 is 0 Å². The molecule has 2 aliphatic rings. The van der Waals surface area contributed by atoms with Crippen molar-refractivity contribution in [3.63, 3.8) is 0 Å². The molecular weight excluding hydrogens is 394 g/mol. The Morgan fingerprint density at radius 2 is 2.18 bits per heavy atom. The summed E-state index contributed by atoms with van der Waals surface area (Å²) < 4.78 is 33.0. The third kappa shape index (κ3) is 5.61. The number of hydrogen-bond acceptors (Lipinski definition) is 3. The molecule has 0 amide bonds. The zero-order valence-corrected chi connectivity index (χ0v) is 18.2. The molecule has 2 aliphatic heterocycles. The molecule has 0 aliphatic carbocycles. The Morgan fingerprint density at radius 3 is 2.86 bits per heavy atom. The molecular formula is C22H28ClNO3S. The van der Waals surface area contributed by atoms with E-state index in [4.69, 9.17) is 16.3 Å². The Balaban J connectivity index is 1.66. The van der Waals surface area contributed by atoms with Gasteiger partial charge in [0.05, 0.1) is 11.9 Å². The highest BCUT2D eigenvalue weighted by molar-refractivity contribution is 7.89. The zero-order chi connectivity index (χ0) is 20.2. The molecule has 28 heavy (non-hydrogen) atoms. The van der Waals surface area contributed by atoms with E-state index in [2.05, 4.69) is 25.7 Å². The summed E-state index contributed by atoms with van der Waals surface area (Å²) in [5.74, 6) is 6.32. The number of nitrogens with zero attached hydrogens (tertiary/aromatic N) is 1. The summed E-state index contributed by atoms with van der Waals surface area (Å²) in [7, 11) is -3.32. The van der Waals surface area contributed by atoms with Gasteiger partial charge in [0.15, 0.2) is 0 Å². The Labute approximate surface area is 174 Å². The van der Waals surface area contributed by atoms with Gasteiger partial charge in [0.1, 0.15) is 0 Å². The van der Waals surface area contributed by atoms with Crippen LogP contribution >= 0.6 is 11.6 Å². The van der Waals surface area contributed by atoms with Gasteiger partial charge in [-0.05, 0) is 50.0 Å². The minimum Gasteiger partial charge on any atom is -0.377 e. The van der Waals surface area contributed by atoms with Crippen molar-refractivity contribution in [1.82, 2.24) is 4.31 Å². The normalized spacial score (nSPS) is 24.5. The van der Waals surface area contributed by atoms with Crippen LogP contribution < -0.4 is 0 Å². The number of ether oxygens (including phenoxy) is 1. The maximum atomic E-state index is 12.9. The molecule has 152 valence electrons. The smallest absolute Gasteiger partial charge is 0.216 e. The second-order valence-corrected chi connectivity index (χ2v) is 10.6. The Hall–Kier alpha value is -1.32. The Morgan fingerprint density at radius 1 is 1.36 bits per heavy atom. The summed E-state index contributed by atoms with van der Waals surface area (Å²) in [5.41, 5.74) is 1.80. The molecule has 0 aromatic heterocycles. The van der Waals surface area contributed by atoms with Crippen molar-refractivity contribution in [3.8, 4) is 11.8 Å². The van der Waals surface area contributed by atoms with E-state index in [0.717, 1.165) is 24.8 Å². The lowest BCUT2D eigenvalue weighted by Crippen LogP contribution is -2.47. The maximum Gasteiger partial charge on any atom is 0.216 e. The molecule has 3 rings (SSSR count). The predicted octanol–water partition coefficient (Wildman–Crippen LogP) is 4.25. The van der Waals surface area contributed by atoms with Gasteiger partial charge in [0.2, 0.25) is 10.0 Å². The highest BCUT2D eigenvalue weighted by atomic mass is 35.5. The summed E-state index contributed by atoms with van der Waals surface area (Å²) in [4.78, 5) is 0. The zero-order valence-electron chi connectivity index (χ0n) is 16.6. The first-order valence-electron chi connectivity index (χ1n) is 9.82. The third-order valence-corrected chi connectivity index (χ3v) is 7.55. The van der Waals surface area contributed by atoms with Gasteiger partial charge in [-0.1, -0.05) is 48.9 Å². The topological polar surface area (TPSA) is 46.6 Å². The van der Waals surface area contributed by atoms with E-state index >= 15 is 0 Å². The van der Waals surface area contributed by atoms with Crippen LogP contribution in [0.4, 0.5) is 0 Å². The van der Waals surface area contributed by atoms with Crippen molar-refractivity contribution in [2.75, 3.05) is 25.4 Å². The summed E-state index contributed by atoms with van der Waals surface area (Å²) in [6, 6.07) is 7.46. The van der Waals surface area contributed by atoms with Crippen molar-refractivity contribution < 1.29 is 13.2 Å². The number of sulfonamides is 1. The van der Waals surface area contributed by atoms with E-state index in [1.54, 1.807) is 4.31 Å². The second kappa shape index (κ2) is 9.00. The van der Waals surface area contributed by atoms with Crippen LogP contribution in [0.15, 0.2) is 35.9 Å². The van der Waals surface area contributed by atoms with Crippen LogP contribution in [0.2, 0.25) is 5.02 Å². The van der Waals surface area contributed by atoms with E-state index in [-0.39, 0.29) is 17.3 Å². The minimum absolute atomic E-state index is 0.0939. The molecule has 1 aromatic rings. The fraction of sp³-hybridized carbons (Fsp3) is 0.545. The number of rotatable bonds is 3. The molecule has 0 saturated carbocycles. The van der Waals surface area contributed by atoms with E-state index in [1.165, 1.54) is 5.57 Å². The lowest BCUT2D eigenvalue weighted by atomic mass is 9.79. The number of halogens is 1. The van der Waals surface area contributed by atoms with Gasteiger partial charge in [-0.15, -0.1) is 0 Å². The highest BCUT2D eigenvalue weighted by Crippen LogP contribution is 2.35. The summed E-state index contributed by atoms with van der Waals surface area (Å²) in [5, 5.41) is 0.667. The molecule has 1 atom stereocenters. The van der Waals surface area contributed by atoms with Crippen LogP contribution in [0.1, 0.15) is 45.1 Å². The van der Waals surface area contributed by atoms with E-state index < -0.39 is 10.0 Å². The van der Waals surface area contributed by atoms with Crippen molar-refractivity contribution in [3.05, 3.63) is 46.5 Å². The standard InChI is InChI=1S/C22H28ClNO3S/c1-22(2)17-24(28(25,26)16-21-11-3-4-14-27-21)13-12-19(22)9-5-7-18-8-6-10-20(23)15-18/h6,8-10,15,21H,3-4,11-14,16-17H2,1-2H3/b19-9+. The van der Waals surface area contributed by atoms with Gasteiger partial charge in [-0.3, -0.25) is 0 Å². The van der Waals surface area contributed by atoms with E-state index in [0.29, 0.717) is 31.1 Å². The summed E-state index contributed by atoms with van der Waals surface area (Å²) >= 11 is 5.99. The highest BCUT2D eigenvalue weighted by Gasteiger charge is 2.37. The van der Waals surface area contributed by atoms with Crippen LogP contribution in [0.25, 0.3) is 0 Å².